The highest BCUT2D eigenvalue weighted by Crippen LogP contribution is 2.30. The Balaban J connectivity index is 2.16. The molecule has 0 aromatic heterocycles. The van der Waals surface area contributed by atoms with E-state index in [4.69, 9.17) is 5.73 Å². The summed E-state index contributed by atoms with van der Waals surface area (Å²) >= 11 is 0. The third-order valence-electron chi connectivity index (χ3n) is 4.80. The van der Waals surface area contributed by atoms with E-state index >= 15 is 0 Å². The molecule has 1 fully saturated rings. The van der Waals surface area contributed by atoms with Crippen LogP contribution < -0.4 is 10.6 Å². The molecule has 0 aliphatic heterocycles. The second-order valence-corrected chi connectivity index (χ2v) is 6.46. The van der Waals surface area contributed by atoms with Crippen molar-refractivity contribution in [2.45, 2.75) is 46.0 Å². The van der Waals surface area contributed by atoms with Gasteiger partial charge in [0, 0.05) is 17.9 Å². The lowest BCUT2D eigenvalue weighted by molar-refractivity contribution is 0.545. The van der Waals surface area contributed by atoms with Crippen LogP contribution in [0.2, 0.25) is 0 Å². The zero-order valence-electron chi connectivity index (χ0n) is 14.6. The number of benzene rings is 1. The molecule has 1 saturated carbocycles. The molecule has 0 amide bonds. The quantitative estimate of drug-likeness (QED) is 0.675. The Morgan fingerprint density at radius 2 is 1.91 bits per heavy atom. The Morgan fingerprint density at radius 1 is 1.26 bits per heavy atom. The van der Waals surface area contributed by atoms with Crippen molar-refractivity contribution >= 4 is 11.3 Å². The first-order valence-corrected chi connectivity index (χ1v) is 8.76. The fourth-order valence-corrected chi connectivity index (χ4v) is 3.26. The van der Waals surface area contributed by atoms with Crippen LogP contribution in [0.5, 0.6) is 0 Å². The molecule has 2 rings (SSSR count). The van der Waals surface area contributed by atoms with Crippen LogP contribution in [0, 0.1) is 5.92 Å². The average Bonchev–Trinajstić information content (AvgIpc) is 3.10. The molecule has 0 spiro atoms. The van der Waals surface area contributed by atoms with Gasteiger partial charge in [0.25, 0.3) is 0 Å². The molecule has 0 atom stereocenters. The number of anilines is 1. The van der Waals surface area contributed by atoms with Crippen molar-refractivity contribution in [1.29, 1.82) is 0 Å². The monoisotopic (exact) mass is 310 g/mol. The summed E-state index contributed by atoms with van der Waals surface area (Å²) in [5, 5.41) is 0. The van der Waals surface area contributed by atoms with E-state index < -0.39 is 0 Å². The van der Waals surface area contributed by atoms with Gasteiger partial charge in [-0.05, 0) is 67.6 Å². The maximum absolute atomic E-state index is 5.40. The third-order valence-corrected chi connectivity index (χ3v) is 4.80. The lowest BCUT2D eigenvalue weighted by atomic mass is 10.0. The van der Waals surface area contributed by atoms with Crippen molar-refractivity contribution in [1.82, 2.24) is 0 Å². The van der Waals surface area contributed by atoms with E-state index in [2.05, 4.69) is 49.6 Å². The molecular weight excluding hydrogens is 280 g/mol. The van der Waals surface area contributed by atoms with Crippen molar-refractivity contribution in [2.24, 2.45) is 11.7 Å². The Morgan fingerprint density at radius 3 is 2.48 bits per heavy atom. The maximum atomic E-state index is 5.40. The van der Waals surface area contributed by atoms with E-state index in [1.165, 1.54) is 48.2 Å². The van der Waals surface area contributed by atoms with Crippen LogP contribution in [0.1, 0.15) is 51.5 Å². The predicted molar refractivity (Wildman–Crippen MR) is 102 cm³/mol. The number of nitrogens with zero attached hydrogens (tertiary/aromatic N) is 1. The number of rotatable bonds is 7. The number of allylic oxidation sites excluding steroid dienone is 4. The first-order valence-electron chi connectivity index (χ1n) is 8.76. The fraction of sp³-hybridized carbons (Fsp3) is 0.429. The summed E-state index contributed by atoms with van der Waals surface area (Å²) in [5.74, 6) is 0.814. The lowest BCUT2D eigenvalue weighted by Gasteiger charge is -2.29. The second-order valence-electron chi connectivity index (χ2n) is 6.46. The number of hydrogen-bond donors (Lipinski definition) is 1. The molecule has 124 valence electrons. The molecule has 0 unspecified atom stereocenters. The SMILES string of the molecule is C=C(CC)N(CC1CCCC1)c1ccc(/C(C)=C/C=C\N)cc1. The minimum atomic E-state index is 0.814. The van der Waals surface area contributed by atoms with E-state index in [9.17, 15) is 0 Å². The van der Waals surface area contributed by atoms with Gasteiger partial charge >= 0.3 is 0 Å². The van der Waals surface area contributed by atoms with Gasteiger partial charge < -0.3 is 10.6 Å². The van der Waals surface area contributed by atoms with E-state index in [-0.39, 0.29) is 0 Å². The van der Waals surface area contributed by atoms with Gasteiger partial charge in [-0.1, -0.05) is 44.6 Å². The highest BCUT2D eigenvalue weighted by atomic mass is 15.1. The van der Waals surface area contributed by atoms with E-state index in [0.717, 1.165) is 18.9 Å². The molecule has 2 heteroatoms. The van der Waals surface area contributed by atoms with Crippen molar-refractivity contribution in [2.75, 3.05) is 11.4 Å². The van der Waals surface area contributed by atoms with E-state index in [1.807, 2.05) is 12.2 Å². The molecule has 0 bridgehead atoms. The molecule has 23 heavy (non-hydrogen) atoms. The molecular formula is C21H30N2. The summed E-state index contributed by atoms with van der Waals surface area (Å²) in [4.78, 5) is 2.42. The Hall–Kier alpha value is -1.96. The predicted octanol–water partition coefficient (Wildman–Crippen LogP) is 5.48. The summed E-state index contributed by atoms with van der Waals surface area (Å²) in [6, 6.07) is 8.81. The molecule has 0 radical (unpaired) electrons. The number of nitrogens with two attached hydrogens (primary N) is 1. The summed E-state index contributed by atoms with van der Waals surface area (Å²) in [5.41, 5.74) is 10.3. The summed E-state index contributed by atoms with van der Waals surface area (Å²) in [6.45, 7) is 9.68. The third kappa shape index (κ3) is 4.75. The Kier molecular flexibility index (Phi) is 6.52. The zero-order valence-corrected chi connectivity index (χ0v) is 14.6. The van der Waals surface area contributed by atoms with Gasteiger partial charge in [0.05, 0.1) is 0 Å². The number of hydrogen-bond acceptors (Lipinski definition) is 2. The summed E-state index contributed by atoms with van der Waals surface area (Å²) in [6.07, 6.45) is 12.0. The Bertz CT molecular complexity index is 560. The van der Waals surface area contributed by atoms with Crippen molar-refractivity contribution < 1.29 is 0 Å². The van der Waals surface area contributed by atoms with Crippen LogP contribution in [0.4, 0.5) is 5.69 Å². The minimum absolute atomic E-state index is 0.814. The van der Waals surface area contributed by atoms with Gasteiger partial charge in [-0.25, -0.2) is 0 Å². The maximum Gasteiger partial charge on any atom is 0.0408 e. The first-order chi connectivity index (χ1) is 11.2. The van der Waals surface area contributed by atoms with Gasteiger partial charge in [0.1, 0.15) is 0 Å². The molecule has 1 aliphatic rings. The van der Waals surface area contributed by atoms with Gasteiger partial charge in [-0.3, -0.25) is 0 Å². The van der Waals surface area contributed by atoms with Crippen LogP contribution in [0.25, 0.3) is 5.57 Å². The average molecular weight is 310 g/mol. The standard InChI is InChI=1S/C21H30N2/c1-4-18(3)23(16-19-9-5-6-10-19)21-13-11-20(12-14-21)17(2)8-7-15-22/h7-8,11-15,19H,3-6,9-10,16,22H2,1-2H3/b15-7-,17-8+. The minimum Gasteiger partial charge on any atom is -0.405 e. The summed E-state index contributed by atoms with van der Waals surface area (Å²) in [7, 11) is 0. The topological polar surface area (TPSA) is 29.3 Å². The molecule has 0 saturated heterocycles. The largest absolute Gasteiger partial charge is 0.405 e. The van der Waals surface area contributed by atoms with Crippen molar-refractivity contribution in [3.63, 3.8) is 0 Å². The van der Waals surface area contributed by atoms with E-state index in [1.54, 1.807) is 6.20 Å². The van der Waals surface area contributed by atoms with Crippen LogP contribution in [-0.4, -0.2) is 6.54 Å². The molecule has 2 nitrogen and oxygen atoms in total. The normalized spacial score (nSPS) is 16.2. The van der Waals surface area contributed by atoms with Gasteiger partial charge in [-0.2, -0.15) is 0 Å². The molecule has 1 aromatic carbocycles. The molecule has 1 aliphatic carbocycles. The van der Waals surface area contributed by atoms with Crippen LogP contribution in [0.3, 0.4) is 0 Å². The molecule has 1 aromatic rings. The van der Waals surface area contributed by atoms with Crippen LogP contribution >= 0.6 is 0 Å². The highest BCUT2D eigenvalue weighted by molar-refractivity contribution is 5.67. The van der Waals surface area contributed by atoms with Gasteiger partial charge in [0.2, 0.25) is 0 Å². The van der Waals surface area contributed by atoms with Crippen LogP contribution in [-0.2, 0) is 0 Å². The smallest absolute Gasteiger partial charge is 0.0408 e. The van der Waals surface area contributed by atoms with Crippen molar-refractivity contribution in [3.8, 4) is 0 Å². The van der Waals surface area contributed by atoms with E-state index in [0.29, 0.717) is 0 Å². The van der Waals surface area contributed by atoms with Gasteiger partial charge in [0.15, 0.2) is 0 Å². The van der Waals surface area contributed by atoms with Crippen molar-refractivity contribution in [3.05, 3.63) is 60.5 Å². The summed E-state index contributed by atoms with van der Waals surface area (Å²) < 4.78 is 0. The second kappa shape index (κ2) is 8.61. The van der Waals surface area contributed by atoms with Gasteiger partial charge in [-0.15, -0.1) is 0 Å². The zero-order chi connectivity index (χ0) is 16.7. The molecule has 2 N–H and O–H groups in total. The van der Waals surface area contributed by atoms with Crippen LogP contribution in [0.15, 0.2) is 54.9 Å². The lowest BCUT2D eigenvalue weighted by Crippen LogP contribution is -2.27. The highest BCUT2D eigenvalue weighted by Gasteiger charge is 2.20. The molecule has 0 heterocycles. The Labute approximate surface area is 141 Å². The fourth-order valence-electron chi connectivity index (χ4n) is 3.26. The first kappa shape index (κ1) is 17.4.